The predicted octanol–water partition coefficient (Wildman–Crippen LogP) is 3.42. The number of amides is 1. The molecule has 2 aromatic carbocycles. The van der Waals surface area contributed by atoms with Gasteiger partial charge in [-0.3, -0.25) is 14.6 Å². The minimum absolute atomic E-state index is 0.0959. The van der Waals surface area contributed by atoms with Crippen LogP contribution >= 0.6 is 0 Å². The summed E-state index contributed by atoms with van der Waals surface area (Å²) in [6.45, 7) is 1.53. The summed E-state index contributed by atoms with van der Waals surface area (Å²) in [6.07, 6.45) is 1.51. The van der Waals surface area contributed by atoms with Crippen LogP contribution in [0, 0.1) is 0 Å². The van der Waals surface area contributed by atoms with E-state index in [2.05, 4.69) is 10.3 Å². The topological polar surface area (TPSA) is 77.5 Å². The largest absolute Gasteiger partial charge is 0.454 e. The molecule has 2 heterocycles. The first-order valence-electron chi connectivity index (χ1n) is 7.72. The number of fused-ring (bicyclic) bond motifs is 2. The molecule has 1 amide bonds. The molecule has 0 aliphatic carbocycles. The highest BCUT2D eigenvalue weighted by Crippen LogP contribution is 2.37. The predicted molar refractivity (Wildman–Crippen MR) is 92.3 cm³/mol. The Hall–Kier alpha value is -3.41. The van der Waals surface area contributed by atoms with Crippen molar-refractivity contribution in [3.63, 3.8) is 0 Å². The number of nitrogens with zero attached hydrogens (tertiary/aromatic N) is 1. The van der Waals surface area contributed by atoms with Gasteiger partial charge < -0.3 is 14.8 Å². The van der Waals surface area contributed by atoms with Crippen molar-refractivity contribution in [2.45, 2.75) is 6.92 Å². The quantitative estimate of drug-likeness (QED) is 0.743. The van der Waals surface area contributed by atoms with E-state index in [1.165, 1.54) is 13.1 Å². The Balaban J connectivity index is 1.69. The molecule has 4 rings (SSSR count). The molecule has 0 fully saturated rings. The number of Topliss-reactive ketones (excluding diaryl/α,β-unsaturated/α-hetero) is 1. The van der Waals surface area contributed by atoms with Crippen molar-refractivity contribution < 1.29 is 19.1 Å². The lowest BCUT2D eigenvalue weighted by atomic mass is 10.1. The van der Waals surface area contributed by atoms with E-state index in [9.17, 15) is 9.59 Å². The van der Waals surface area contributed by atoms with Gasteiger partial charge in [-0.25, -0.2) is 0 Å². The molecule has 0 saturated heterocycles. The van der Waals surface area contributed by atoms with Gasteiger partial charge in [-0.15, -0.1) is 0 Å². The van der Waals surface area contributed by atoms with E-state index in [-0.39, 0.29) is 18.5 Å². The Kier molecular flexibility index (Phi) is 3.57. The molecule has 6 heteroatoms. The third-order valence-electron chi connectivity index (χ3n) is 3.99. The number of benzene rings is 2. The van der Waals surface area contributed by atoms with E-state index in [0.29, 0.717) is 28.3 Å². The highest BCUT2D eigenvalue weighted by molar-refractivity contribution is 6.10. The molecular formula is C19H14N2O4. The molecule has 0 radical (unpaired) electrons. The summed E-state index contributed by atoms with van der Waals surface area (Å²) in [6, 6.07) is 12.5. The van der Waals surface area contributed by atoms with E-state index >= 15 is 0 Å². The Labute approximate surface area is 143 Å². The van der Waals surface area contributed by atoms with Crippen LogP contribution in [0.25, 0.3) is 10.9 Å². The lowest BCUT2D eigenvalue weighted by Gasteiger charge is -2.11. The van der Waals surface area contributed by atoms with Crippen LogP contribution in [0.1, 0.15) is 27.6 Å². The molecule has 6 nitrogen and oxygen atoms in total. The fourth-order valence-electron chi connectivity index (χ4n) is 2.73. The second-order valence-electron chi connectivity index (χ2n) is 5.68. The van der Waals surface area contributed by atoms with Crippen molar-refractivity contribution in [2.24, 2.45) is 0 Å². The summed E-state index contributed by atoms with van der Waals surface area (Å²) in [5, 5.41) is 3.64. The van der Waals surface area contributed by atoms with Crippen LogP contribution in [-0.4, -0.2) is 23.5 Å². The highest BCUT2D eigenvalue weighted by Gasteiger charge is 2.21. The van der Waals surface area contributed by atoms with Crippen molar-refractivity contribution in [3.8, 4) is 11.5 Å². The van der Waals surface area contributed by atoms with Gasteiger partial charge in [0.2, 0.25) is 6.79 Å². The lowest BCUT2D eigenvalue weighted by molar-refractivity contribution is 0.101. The third kappa shape index (κ3) is 2.78. The van der Waals surface area contributed by atoms with Crippen molar-refractivity contribution >= 4 is 28.3 Å². The summed E-state index contributed by atoms with van der Waals surface area (Å²) >= 11 is 0. The van der Waals surface area contributed by atoms with Crippen molar-refractivity contribution in [1.29, 1.82) is 0 Å². The zero-order valence-electron chi connectivity index (χ0n) is 13.4. The average Bonchev–Trinajstić information content (AvgIpc) is 3.07. The van der Waals surface area contributed by atoms with Gasteiger partial charge >= 0.3 is 0 Å². The number of rotatable bonds is 3. The molecule has 124 valence electrons. The number of anilines is 1. The van der Waals surface area contributed by atoms with Gasteiger partial charge in [0.1, 0.15) is 0 Å². The van der Waals surface area contributed by atoms with E-state index in [4.69, 9.17) is 9.47 Å². The Bertz CT molecular complexity index is 1010. The van der Waals surface area contributed by atoms with Gasteiger partial charge in [0, 0.05) is 23.2 Å². The number of hydrogen-bond acceptors (Lipinski definition) is 5. The average molecular weight is 334 g/mol. The minimum Gasteiger partial charge on any atom is -0.454 e. The maximum Gasteiger partial charge on any atom is 0.257 e. The first-order chi connectivity index (χ1) is 12.1. The summed E-state index contributed by atoms with van der Waals surface area (Å²) in [5.41, 5.74) is 1.97. The third-order valence-corrected chi connectivity index (χ3v) is 3.99. The number of para-hydroxylation sites is 1. The molecule has 0 saturated carbocycles. The number of carbonyl (C=O) groups is 2. The van der Waals surface area contributed by atoms with Gasteiger partial charge in [0.05, 0.1) is 16.8 Å². The van der Waals surface area contributed by atoms with Gasteiger partial charge in [-0.2, -0.15) is 0 Å². The molecule has 0 unspecified atom stereocenters. The SMILES string of the molecule is CC(=O)c1cc2c(cc1NC(=O)c1cnc3ccccc3c1)OCO2. The molecular weight excluding hydrogens is 320 g/mol. The van der Waals surface area contributed by atoms with Crippen LogP contribution < -0.4 is 14.8 Å². The van der Waals surface area contributed by atoms with Crippen molar-refractivity contribution in [3.05, 3.63) is 59.8 Å². The zero-order chi connectivity index (χ0) is 17.4. The van der Waals surface area contributed by atoms with Crippen LogP contribution in [0.4, 0.5) is 5.69 Å². The molecule has 0 bridgehead atoms. The number of carbonyl (C=O) groups excluding carboxylic acids is 2. The fraction of sp³-hybridized carbons (Fsp3) is 0.105. The minimum atomic E-state index is -0.348. The number of pyridine rings is 1. The number of ketones is 1. The summed E-state index contributed by atoms with van der Waals surface area (Å²) in [7, 11) is 0. The van der Waals surface area contributed by atoms with Crippen LogP contribution in [0.2, 0.25) is 0 Å². The molecule has 1 aromatic heterocycles. The molecule has 1 N–H and O–H groups in total. The highest BCUT2D eigenvalue weighted by atomic mass is 16.7. The second kappa shape index (κ2) is 5.90. The molecule has 0 atom stereocenters. The smallest absolute Gasteiger partial charge is 0.257 e. The first-order valence-corrected chi connectivity index (χ1v) is 7.72. The molecule has 25 heavy (non-hydrogen) atoms. The van der Waals surface area contributed by atoms with Gasteiger partial charge in [-0.1, -0.05) is 18.2 Å². The normalized spacial score (nSPS) is 12.2. The zero-order valence-corrected chi connectivity index (χ0v) is 13.4. The van der Waals surface area contributed by atoms with E-state index in [1.807, 2.05) is 24.3 Å². The number of hydrogen-bond donors (Lipinski definition) is 1. The Morgan fingerprint density at radius 2 is 1.84 bits per heavy atom. The summed E-state index contributed by atoms with van der Waals surface area (Å²) in [5.74, 6) is 0.470. The van der Waals surface area contributed by atoms with Gasteiger partial charge in [0.25, 0.3) is 5.91 Å². The molecule has 0 spiro atoms. The maximum atomic E-state index is 12.6. The Morgan fingerprint density at radius 3 is 2.64 bits per heavy atom. The van der Waals surface area contributed by atoms with Crippen LogP contribution in [0.3, 0.4) is 0 Å². The van der Waals surface area contributed by atoms with Gasteiger partial charge in [0.15, 0.2) is 17.3 Å². The lowest BCUT2D eigenvalue weighted by Crippen LogP contribution is -2.14. The standard InChI is InChI=1S/C19H14N2O4/c1-11(22)14-7-17-18(25-10-24-17)8-16(14)21-19(23)13-6-12-4-2-3-5-15(12)20-9-13/h2-9H,10H2,1H3,(H,21,23). The molecule has 1 aliphatic heterocycles. The van der Waals surface area contributed by atoms with Gasteiger partial charge in [-0.05, 0) is 25.1 Å². The molecule has 3 aromatic rings. The van der Waals surface area contributed by atoms with Crippen LogP contribution in [0.5, 0.6) is 11.5 Å². The molecule has 1 aliphatic rings. The number of ether oxygens (including phenoxy) is 2. The second-order valence-corrected chi connectivity index (χ2v) is 5.68. The van der Waals surface area contributed by atoms with Crippen LogP contribution in [-0.2, 0) is 0 Å². The van der Waals surface area contributed by atoms with E-state index in [0.717, 1.165) is 10.9 Å². The maximum absolute atomic E-state index is 12.6. The van der Waals surface area contributed by atoms with E-state index < -0.39 is 0 Å². The number of nitrogens with one attached hydrogen (secondary N) is 1. The Morgan fingerprint density at radius 1 is 1.08 bits per heavy atom. The number of aromatic nitrogens is 1. The first kappa shape index (κ1) is 15.1. The fourth-order valence-corrected chi connectivity index (χ4v) is 2.73. The summed E-state index contributed by atoms with van der Waals surface area (Å²) in [4.78, 5) is 28.8. The van der Waals surface area contributed by atoms with Crippen molar-refractivity contribution in [1.82, 2.24) is 4.98 Å². The summed E-state index contributed by atoms with van der Waals surface area (Å²) < 4.78 is 10.6. The van der Waals surface area contributed by atoms with Crippen molar-refractivity contribution in [2.75, 3.05) is 12.1 Å². The monoisotopic (exact) mass is 334 g/mol. The van der Waals surface area contributed by atoms with E-state index in [1.54, 1.807) is 18.2 Å². The van der Waals surface area contributed by atoms with Crippen LogP contribution in [0.15, 0.2) is 48.7 Å².